The Bertz CT molecular complexity index is 2780. The van der Waals surface area contributed by atoms with Crippen molar-refractivity contribution in [2.75, 3.05) is 0 Å². The number of benzene rings is 8. The molecule has 49 heavy (non-hydrogen) atoms. The zero-order valence-corrected chi connectivity index (χ0v) is 26.5. The van der Waals surface area contributed by atoms with Gasteiger partial charge in [0.1, 0.15) is 11.2 Å². The van der Waals surface area contributed by atoms with Gasteiger partial charge in [-0.3, -0.25) is 0 Å². The Morgan fingerprint density at radius 2 is 0.878 bits per heavy atom. The predicted octanol–water partition coefficient (Wildman–Crippen LogP) is 12.5. The fourth-order valence-electron chi connectivity index (χ4n) is 7.41. The third-order valence-corrected chi connectivity index (χ3v) is 9.69. The summed E-state index contributed by atoms with van der Waals surface area (Å²) < 4.78 is 6.75. The average molecular weight is 625 g/mol. The highest BCUT2D eigenvalue weighted by Crippen LogP contribution is 2.44. The Morgan fingerprint density at radius 1 is 0.347 bits per heavy atom. The van der Waals surface area contributed by atoms with Gasteiger partial charge in [0.2, 0.25) is 0 Å². The second kappa shape index (κ2) is 11.0. The van der Waals surface area contributed by atoms with E-state index in [0.29, 0.717) is 5.82 Å². The van der Waals surface area contributed by atoms with Crippen molar-refractivity contribution in [1.82, 2.24) is 9.97 Å². The Balaban J connectivity index is 1.31. The molecule has 3 heteroatoms. The van der Waals surface area contributed by atoms with Gasteiger partial charge in [-0.05, 0) is 67.7 Å². The number of hydrogen-bond donors (Lipinski definition) is 0. The monoisotopic (exact) mass is 624 g/mol. The zero-order chi connectivity index (χ0) is 32.3. The highest BCUT2D eigenvalue weighted by Gasteiger charge is 2.21. The molecule has 0 unspecified atom stereocenters. The fraction of sp³-hybridized carbons (Fsp3) is 0. The molecule has 0 spiro atoms. The molecule has 0 aliphatic rings. The van der Waals surface area contributed by atoms with E-state index in [1.54, 1.807) is 0 Å². The van der Waals surface area contributed by atoms with E-state index in [1.165, 1.54) is 32.3 Å². The van der Waals surface area contributed by atoms with Crippen molar-refractivity contribution in [1.29, 1.82) is 0 Å². The fourth-order valence-corrected chi connectivity index (χ4v) is 7.41. The minimum Gasteiger partial charge on any atom is -0.455 e. The summed E-state index contributed by atoms with van der Waals surface area (Å²) in [5.41, 5.74) is 8.46. The SMILES string of the molecule is c1ccc(-c2cc(-c3c(-c4ccc5c6ccccc6c6ccccc6c5c4)ccc4c3oc3ccccc34)nc(-c3ccccc3)n2)cc1. The lowest BCUT2D eigenvalue weighted by molar-refractivity contribution is 0.670. The van der Waals surface area contributed by atoms with Crippen LogP contribution in [0.5, 0.6) is 0 Å². The van der Waals surface area contributed by atoms with Gasteiger partial charge in [-0.1, -0.05) is 146 Å². The molecule has 10 rings (SSSR count). The lowest BCUT2D eigenvalue weighted by Crippen LogP contribution is -1.97. The Kier molecular flexibility index (Phi) is 6.18. The van der Waals surface area contributed by atoms with E-state index >= 15 is 0 Å². The van der Waals surface area contributed by atoms with Crippen LogP contribution in [0.25, 0.3) is 99.3 Å². The van der Waals surface area contributed by atoms with E-state index in [9.17, 15) is 0 Å². The number of nitrogens with zero attached hydrogens (tertiary/aromatic N) is 2. The molecule has 8 aromatic carbocycles. The van der Waals surface area contributed by atoms with E-state index in [-0.39, 0.29) is 0 Å². The van der Waals surface area contributed by atoms with Crippen LogP contribution in [0.1, 0.15) is 0 Å². The van der Waals surface area contributed by atoms with Gasteiger partial charge in [-0.25, -0.2) is 9.97 Å². The van der Waals surface area contributed by atoms with Gasteiger partial charge in [0.15, 0.2) is 5.82 Å². The molecule has 0 aliphatic carbocycles. The summed E-state index contributed by atoms with van der Waals surface area (Å²) >= 11 is 0. The number of fused-ring (bicyclic) bond motifs is 9. The van der Waals surface area contributed by atoms with Crippen LogP contribution in [0.15, 0.2) is 174 Å². The zero-order valence-electron chi connectivity index (χ0n) is 26.5. The maximum Gasteiger partial charge on any atom is 0.160 e. The van der Waals surface area contributed by atoms with Crippen molar-refractivity contribution in [2.24, 2.45) is 0 Å². The first-order valence-electron chi connectivity index (χ1n) is 16.6. The van der Waals surface area contributed by atoms with Crippen LogP contribution < -0.4 is 0 Å². The van der Waals surface area contributed by atoms with E-state index in [2.05, 4.69) is 121 Å². The minimum atomic E-state index is 0.673. The van der Waals surface area contributed by atoms with Crippen LogP contribution in [0.3, 0.4) is 0 Å². The molecule has 0 saturated heterocycles. The molecule has 0 amide bonds. The number of hydrogen-bond acceptors (Lipinski definition) is 3. The summed E-state index contributed by atoms with van der Waals surface area (Å²) in [6.07, 6.45) is 0. The molecule has 0 atom stereocenters. The summed E-state index contributed by atoms with van der Waals surface area (Å²) in [5, 5.41) is 9.63. The van der Waals surface area contributed by atoms with Gasteiger partial charge in [0.25, 0.3) is 0 Å². The van der Waals surface area contributed by atoms with Crippen LogP contribution in [0.2, 0.25) is 0 Å². The van der Waals surface area contributed by atoms with Gasteiger partial charge in [-0.2, -0.15) is 0 Å². The second-order valence-electron chi connectivity index (χ2n) is 12.5. The smallest absolute Gasteiger partial charge is 0.160 e. The lowest BCUT2D eigenvalue weighted by atomic mass is 9.89. The van der Waals surface area contributed by atoms with Gasteiger partial charge in [0, 0.05) is 21.9 Å². The molecule has 0 fully saturated rings. The second-order valence-corrected chi connectivity index (χ2v) is 12.5. The van der Waals surface area contributed by atoms with Crippen molar-refractivity contribution in [3.05, 3.63) is 170 Å². The normalized spacial score (nSPS) is 11.7. The summed E-state index contributed by atoms with van der Waals surface area (Å²) in [6.45, 7) is 0. The highest BCUT2D eigenvalue weighted by atomic mass is 16.3. The summed E-state index contributed by atoms with van der Waals surface area (Å²) in [6, 6.07) is 59.6. The van der Waals surface area contributed by atoms with Gasteiger partial charge < -0.3 is 4.42 Å². The van der Waals surface area contributed by atoms with Crippen LogP contribution in [-0.4, -0.2) is 9.97 Å². The molecular weight excluding hydrogens is 597 g/mol. The van der Waals surface area contributed by atoms with Crippen molar-refractivity contribution in [2.45, 2.75) is 0 Å². The number of para-hydroxylation sites is 1. The standard InChI is InChI=1S/C46H28N2O/c1-3-13-29(14-4-1)41-28-42(48-46(47-41)30-15-5-2-6-16-30)44-32(25-26-39-38-21-11-12-22-43(38)49-45(39)44)31-23-24-37-35-19-8-7-17-33(35)34-18-9-10-20-36(34)40(37)27-31/h1-28H. The average Bonchev–Trinajstić information content (AvgIpc) is 3.57. The van der Waals surface area contributed by atoms with Gasteiger partial charge >= 0.3 is 0 Å². The number of aromatic nitrogens is 2. The highest BCUT2D eigenvalue weighted by molar-refractivity contribution is 6.26. The number of furan rings is 1. The largest absolute Gasteiger partial charge is 0.455 e. The van der Waals surface area contributed by atoms with E-state index in [4.69, 9.17) is 14.4 Å². The topological polar surface area (TPSA) is 38.9 Å². The molecule has 2 aromatic heterocycles. The van der Waals surface area contributed by atoms with Crippen LogP contribution in [0.4, 0.5) is 0 Å². The first kappa shape index (κ1) is 27.5. The van der Waals surface area contributed by atoms with Crippen LogP contribution in [-0.2, 0) is 0 Å². The van der Waals surface area contributed by atoms with Crippen molar-refractivity contribution < 1.29 is 4.42 Å². The van der Waals surface area contributed by atoms with Crippen LogP contribution >= 0.6 is 0 Å². The third-order valence-electron chi connectivity index (χ3n) is 9.69. The predicted molar refractivity (Wildman–Crippen MR) is 204 cm³/mol. The van der Waals surface area contributed by atoms with Crippen molar-refractivity contribution in [3.8, 4) is 45.0 Å². The maximum atomic E-state index is 6.75. The minimum absolute atomic E-state index is 0.673. The van der Waals surface area contributed by atoms with E-state index in [1.807, 2.05) is 48.5 Å². The molecular formula is C46H28N2O. The quantitative estimate of drug-likeness (QED) is 0.183. The van der Waals surface area contributed by atoms with Gasteiger partial charge in [0.05, 0.1) is 17.0 Å². The van der Waals surface area contributed by atoms with Gasteiger partial charge in [-0.15, -0.1) is 0 Å². The molecule has 2 heterocycles. The molecule has 0 aliphatic heterocycles. The number of rotatable bonds is 4. The molecule has 10 aromatic rings. The Hall–Kier alpha value is -6.58. The summed E-state index contributed by atoms with van der Waals surface area (Å²) in [4.78, 5) is 10.4. The van der Waals surface area contributed by atoms with E-state index in [0.717, 1.165) is 61.1 Å². The lowest BCUT2D eigenvalue weighted by Gasteiger charge is -2.15. The summed E-state index contributed by atoms with van der Waals surface area (Å²) in [7, 11) is 0. The van der Waals surface area contributed by atoms with Crippen molar-refractivity contribution >= 4 is 54.3 Å². The van der Waals surface area contributed by atoms with E-state index < -0.39 is 0 Å². The van der Waals surface area contributed by atoms with Crippen LogP contribution in [0, 0.1) is 0 Å². The third kappa shape index (κ3) is 4.44. The molecule has 0 saturated carbocycles. The molecule has 228 valence electrons. The Labute approximate surface area is 282 Å². The first-order chi connectivity index (χ1) is 24.3. The van der Waals surface area contributed by atoms with Crippen molar-refractivity contribution in [3.63, 3.8) is 0 Å². The molecule has 0 radical (unpaired) electrons. The maximum absolute atomic E-state index is 6.75. The summed E-state index contributed by atoms with van der Waals surface area (Å²) in [5.74, 6) is 0.673. The molecule has 0 bridgehead atoms. The Morgan fingerprint density at radius 3 is 1.57 bits per heavy atom. The molecule has 0 N–H and O–H groups in total. The first-order valence-corrected chi connectivity index (χ1v) is 16.6. The molecule has 3 nitrogen and oxygen atoms in total.